The van der Waals surface area contributed by atoms with Gasteiger partial charge in [0.15, 0.2) is 0 Å². The van der Waals surface area contributed by atoms with Gasteiger partial charge in [-0.3, -0.25) is 0 Å². The molecule has 0 spiro atoms. The zero-order chi connectivity index (χ0) is 32.3. The maximum atomic E-state index is 10.1. The van der Waals surface area contributed by atoms with Gasteiger partial charge in [0.2, 0.25) is 0 Å². The topological polar surface area (TPSA) is 187 Å². The van der Waals surface area contributed by atoms with Gasteiger partial charge >= 0.3 is 0 Å². The molecule has 0 aliphatic carbocycles. The van der Waals surface area contributed by atoms with Crippen molar-refractivity contribution in [2.45, 2.75) is 68.0 Å². The van der Waals surface area contributed by atoms with Crippen molar-refractivity contribution in [2.24, 2.45) is 0 Å². The van der Waals surface area contributed by atoms with Crippen LogP contribution in [0.25, 0.3) is 0 Å². The summed E-state index contributed by atoms with van der Waals surface area (Å²) >= 11 is 0. The van der Waals surface area contributed by atoms with Gasteiger partial charge < -0.3 is 60.1 Å². The summed E-state index contributed by atoms with van der Waals surface area (Å²) in [5.41, 5.74) is 2.08. The van der Waals surface area contributed by atoms with Crippen molar-refractivity contribution in [1.29, 1.82) is 0 Å². The van der Waals surface area contributed by atoms with E-state index in [0.717, 1.165) is 22.6 Å². The summed E-state index contributed by atoms with van der Waals surface area (Å²) in [5.74, 6) is 1.48. The fourth-order valence-corrected chi connectivity index (χ4v) is 5.52. The van der Waals surface area contributed by atoms with Gasteiger partial charge in [0.25, 0.3) is 0 Å². The van der Waals surface area contributed by atoms with Crippen molar-refractivity contribution < 1.29 is 50.3 Å². The summed E-state index contributed by atoms with van der Waals surface area (Å²) in [6.45, 7) is 0.554. The van der Waals surface area contributed by atoms with Crippen LogP contribution in [0, 0.1) is 0 Å². The maximum Gasteiger partial charge on any atom is 0.119 e. The van der Waals surface area contributed by atoms with Gasteiger partial charge in [0.05, 0.1) is 50.7 Å². The zero-order valence-corrected chi connectivity index (χ0v) is 25.2. The number of likely N-dealkylation sites (tertiary alicyclic amines) is 2. The monoisotopic (exact) mass is 630 g/mol. The number of piperidine rings is 2. The molecule has 0 radical (unpaired) electrons. The van der Waals surface area contributed by atoms with E-state index in [2.05, 4.69) is 0 Å². The second kappa shape index (κ2) is 16.9. The minimum absolute atomic E-state index is 0.124. The Balaban J connectivity index is 1.12. The molecular weight excluding hydrogens is 584 g/mol. The Hall–Kier alpha value is -3.20. The molecule has 248 valence electrons. The van der Waals surface area contributed by atoms with Gasteiger partial charge in [0, 0.05) is 19.5 Å². The quantitative estimate of drug-likeness (QED) is 0.121. The van der Waals surface area contributed by atoms with Crippen LogP contribution in [0.4, 0.5) is 0 Å². The Morgan fingerprint density at radius 3 is 1.31 bits per heavy atom. The van der Waals surface area contributed by atoms with Crippen LogP contribution >= 0.6 is 0 Å². The number of ether oxygens (including phenoxy) is 2. The van der Waals surface area contributed by atoms with E-state index in [4.69, 9.17) is 9.47 Å². The third-order valence-corrected chi connectivity index (χ3v) is 8.27. The molecule has 2 aromatic rings. The number of nitrogens with zero attached hydrogens (tertiary/aromatic N) is 2. The molecule has 8 unspecified atom stereocenters. The highest BCUT2D eigenvalue weighted by Crippen LogP contribution is 2.21. The molecule has 0 amide bonds. The molecule has 2 aliphatic rings. The Kier molecular flexibility index (Phi) is 13.0. The maximum absolute atomic E-state index is 10.1. The molecule has 45 heavy (non-hydrogen) atoms. The predicted octanol–water partition coefficient (Wildman–Crippen LogP) is -0.835. The normalized spacial score (nSPS) is 29.1. The van der Waals surface area contributed by atoms with Gasteiger partial charge in [-0.15, -0.1) is 0 Å². The highest BCUT2D eigenvalue weighted by atomic mass is 16.5. The SMILES string of the molecule is OCC1C(O)C(O)C(O)CN1C=CCc1ccc(OCCCOc2ccc(CC=CN3CC(O)C(O)C(O)C3CO)cc2)cc1. The summed E-state index contributed by atoms with van der Waals surface area (Å²) < 4.78 is 11.6. The molecular formula is C33H46N2O10. The summed E-state index contributed by atoms with van der Waals surface area (Å²) in [6.07, 6.45) is 1.91. The third-order valence-electron chi connectivity index (χ3n) is 8.27. The van der Waals surface area contributed by atoms with Crippen LogP contribution in [0.15, 0.2) is 73.1 Å². The predicted molar refractivity (Wildman–Crippen MR) is 165 cm³/mol. The van der Waals surface area contributed by atoms with Crippen LogP contribution in [0.2, 0.25) is 0 Å². The van der Waals surface area contributed by atoms with Gasteiger partial charge in [0.1, 0.15) is 35.9 Å². The first kappa shape index (κ1) is 34.7. The molecule has 12 nitrogen and oxygen atoms in total. The molecule has 2 fully saturated rings. The van der Waals surface area contributed by atoms with E-state index in [0.29, 0.717) is 32.5 Å². The first-order valence-corrected chi connectivity index (χ1v) is 15.3. The van der Waals surface area contributed by atoms with Crippen molar-refractivity contribution in [3.8, 4) is 11.5 Å². The first-order valence-electron chi connectivity index (χ1n) is 15.3. The van der Waals surface area contributed by atoms with Crippen LogP contribution in [0.5, 0.6) is 11.5 Å². The van der Waals surface area contributed by atoms with Crippen LogP contribution in [-0.4, -0.2) is 139 Å². The molecule has 0 saturated carbocycles. The summed E-state index contributed by atoms with van der Waals surface area (Å²) in [4.78, 5) is 3.29. The highest BCUT2D eigenvalue weighted by Gasteiger charge is 2.40. The number of hydrogen-bond donors (Lipinski definition) is 8. The third kappa shape index (κ3) is 9.41. The van der Waals surface area contributed by atoms with Crippen LogP contribution < -0.4 is 9.47 Å². The van der Waals surface area contributed by atoms with Gasteiger partial charge in [-0.05, 0) is 60.6 Å². The minimum atomic E-state index is -1.28. The number of benzene rings is 2. The number of β-amino-alcohol motifs (C(OH)–C–C–N with tert-alkyl or cyclic N) is 2. The lowest BCUT2D eigenvalue weighted by Crippen LogP contribution is -2.60. The average Bonchev–Trinajstić information content (AvgIpc) is 3.04. The number of hydrogen-bond acceptors (Lipinski definition) is 12. The molecule has 4 rings (SSSR count). The largest absolute Gasteiger partial charge is 0.493 e. The number of allylic oxidation sites excluding steroid dienone is 2. The molecule has 2 aromatic carbocycles. The van der Waals surface area contributed by atoms with E-state index in [1.807, 2.05) is 60.7 Å². The second-order valence-corrected chi connectivity index (χ2v) is 11.5. The smallest absolute Gasteiger partial charge is 0.119 e. The van der Waals surface area contributed by atoms with Crippen LogP contribution in [0.1, 0.15) is 17.5 Å². The lowest BCUT2D eigenvalue weighted by atomic mass is 9.94. The summed E-state index contributed by atoms with van der Waals surface area (Å²) in [7, 11) is 0. The van der Waals surface area contributed by atoms with E-state index >= 15 is 0 Å². The van der Waals surface area contributed by atoms with Gasteiger partial charge in [-0.25, -0.2) is 0 Å². The Morgan fingerprint density at radius 1 is 0.578 bits per heavy atom. The lowest BCUT2D eigenvalue weighted by Gasteiger charge is -2.42. The molecule has 8 atom stereocenters. The van der Waals surface area contributed by atoms with Crippen molar-refractivity contribution >= 4 is 0 Å². The highest BCUT2D eigenvalue weighted by molar-refractivity contribution is 5.29. The van der Waals surface area contributed by atoms with Gasteiger partial charge in [-0.2, -0.15) is 0 Å². The van der Waals surface area contributed by atoms with E-state index in [9.17, 15) is 40.9 Å². The van der Waals surface area contributed by atoms with E-state index < -0.39 is 48.7 Å². The Labute approximate surface area is 263 Å². The van der Waals surface area contributed by atoms with Crippen molar-refractivity contribution in [1.82, 2.24) is 9.80 Å². The molecule has 12 heteroatoms. The van der Waals surface area contributed by atoms with E-state index in [1.165, 1.54) is 0 Å². The van der Waals surface area contributed by atoms with Crippen molar-refractivity contribution in [3.05, 3.63) is 84.2 Å². The summed E-state index contributed by atoms with van der Waals surface area (Å²) in [5, 5.41) is 78.8. The van der Waals surface area contributed by atoms with E-state index in [1.54, 1.807) is 22.2 Å². The van der Waals surface area contributed by atoms with Crippen molar-refractivity contribution in [2.75, 3.05) is 39.5 Å². The van der Waals surface area contributed by atoms with E-state index in [-0.39, 0.29) is 26.3 Å². The molecule has 0 aromatic heterocycles. The van der Waals surface area contributed by atoms with Crippen LogP contribution in [-0.2, 0) is 12.8 Å². The first-order chi connectivity index (χ1) is 21.7. The lowest BCUT2D eigenvalue weighted by molar-refractivity contribution is -0.133. The Morgan fingerprint density at radius 2 is 0.956 bits per heavy atom. The molecule has 2 aliphatic heterocycles. The molecule has 8 N–H and O–H groups in total. The summed E-state index contributed by atoms with van der Waals surface area (Å²) in [6, 6.07) is 14.0. The molecule has 2 saturated heterocycles. The fraction of sp³-hybridized carbons (Fsp3) is 0.515. The zero-order valence-electron chi connectivity index (χ0n) is 25.2. The minimum Gasteiger partial charge on any atom is -0.493 e. The van der Waals surface area contributed by atoms with Crippen LogP contribution in [0.3, 0.4) is 0 Å². The number of aliphatic hydroxyl groups is 8. The second-order valence-electron chi connectivity index (χ2n) is 11.5. The molecule has 0 bridgehead atoms. The van der Waals surface area contributed by atoms with Gasteiger partial charge in [-0.1, -0.05) is 36.4 Å². The number of aliphatic hydroxyl groups excluding tert-OH is 8. The molecule has 2 heterocycles. The Bertz CT molecular complexity index is 1120. The van der Waals surface area contributed by atoms with Crippen molar-refractivity contribution in [3.63, 3.8) is 0 Å². The standard InChI is InChI=1S/C33H46N2O10/c36-20-26-30(40)32(42)28(38)18-34(26)14-1-4-22-6-10-24(11-7-22)44-16-3-17-45-25-12-8-23(9-13-25)5-2-15-35-19-29(39)33(43)31(41)27(35)21-37/h1-2,6-15,26-33,36-43H,3-5,16-21H2. The number of rotatable bonds is 14. The fourth-order valence-electron chi connectivity index (χ4n) is 5.52. The average molecular weight is 631 g/mol.